The third-order valence-corrected chi connectivity index (χ3v) is 6.71. The molecule has 1 aromatic carbocycles. The Labute approximate surface area is 160 Å². The van der Waals surface area contributed by atoms with Gasteiger partial charge in [-0.2, -0.15) is 0 Å². The molecule has 1 heterocycles. The number of fused-ring (bicyclic) bond motifs is 1. The molecular weight excluding hydrogens is 364 g/mol. The molecule has 3 rings (SSSR count). The van der Waals surface area contributed by atoms with Gasteiger partial charge in [-0.05, 0) is 37.3 Å². The number of hydrogen-bond acceptors (Lipinski definition) is 5. The molecule has 1 aliphatic heterocycles. The molecule has 0 radical (unpaired) electrons. The van der Waals surface area contributed by atoms with Gasteiger partial charge < -0.3 is 11.1 Å². The first-order chi connectivity index (χ1) is 13.0. The van der Waals surface area contributed by atoms with Crippen molar-refractivity contribution >= 4 is 21.8 Å². The fourth-order valence-corrected chi connectivity index (χ4v) is 5.12. The predicted molar refractivity (Wildman–Crippen MR) is 105 cm³/mol. The van der Waals surface area contributed by atoms with E-state index in [9.17, 15) is 13.2 Å². The fourth-order valence-electron chi connectivity index (χ4n) is 3.87. The Bertz CT molecular complexity index is 801. The Kier molecular flexibility index (Phi) is 6.49. The predicted octanol–water partition coefficient (Wildman–Crippen LogP) is 1.53. The van der Waals surface area contributed by atoms with Crippen LogP contribution in [0.5, 0.6) is 0 Å². The van der Waals surface area contributed by atoms with Crippen molar-refractivity contribution in [3.8, 4) is 0 Å². The van der Waals surface area contributed by atoms with Gasteiger partial charge in [0, 0.05) is 31.1 Å². The summed E-state index contributed by atoms with van der Waals surface area (Å²) in [4.78, 5) is 16.8. The number of nitrogens with zero attached hydrogens (tertiary/aromatic N) is 1. The smallest absolute Gasteiger partial charge is 0.263 e. The summed E-state index contributed by atoms with van der Waals surface area (Å²) in [5.41, 5.74) is 6.44. The molecule has 1 aliphatic carbocycles. The molecule has 1 unspecified atom stereocenters. The van der Waals surface area contributed by atoms with Crippen LogP contribution in [0.1, 0.15) is 50.5 Å². The van der Waals surface area contributed by atoms with Crippen LogP contribution in [0.25, 0.3) is 0 Å². The summed E-state index contributed by atoms with van der Waals surface area (Å²) < 4.78 is 26.6. The highest BCUT2D eigenvalue weighted by atomic mass is 32.2. The molecule has 7 nitrogen and oxygen atoms in total. The topological polar surface area (TPSA) is 114 Å². The Morgan fingerprint density at radius 1 is 1.26 bits per heavy atom. The molecule has 0 aromatic heterocycles. The van der Waals surface area contributed by atoms with Crippen molar-refractivity contribution in [1.29, 1.82) is 0 Å². The number of amidine groups is 1. The highest BCUT2D eigenvalue weighted by molar-refractivity contribution is 7.90. The zero-order chi connectivity index (χ0) is 19.3. The first kappa shape index (κ1) is 19.8. The highest BCUT2D eigenvalue weighted by Crippen LogP contribution is 2.26. The summed E-state index contributed by atoms with van der Waals surface area (Å²) in [6.07, 6.45) is 6.88. The molecule has 0 spiro atoms. The largest absolute Gasteiger partial charge is 0.352 e. The van der Waals surface area contributed by atoms with Crippen LogP contribution in [0.3, 0.4) is 0 Å². The van der Waals surface area contributed by atoms with Crippen molar-refractivity contribution in [1.82, 2.24) is 10.0 Å². The number of rotatable bonds is 7. The summed E-state index contributed by atoms with van der Waals surface area (Å²) in [6.45, 7) is 0.855. The molecule has 1 atom stereocenters. The third-order valence-electron chi connectivity index (χ3n) is 5.31. The SMILES string of the molecule is NCC(NC(=O)CCCN=C1NS(=O)(=O)c2ccccc21)C1CCCCC1. The van der Waals surface area contributed by atoms with E-state index in [1.54, 1.807) is 24.3 Å². The number of carbonyl (C=O) groups is 1. The number of aliphatic imine (C=N–C) groups is 1. The lowest BCUT2D eigenvalue weighted by Crippen LogP contribution is -2.45. The van der Waals surface area contributed by atoms with Crippen molar-refractivity contribution in [2.24, 2.45) is 16.6 Å². The summed E-state index contributed by atoms with van der Waals surface area (Å²) in [6, 6.07) is 6.81. The van der Waals surface area contributed by atoms with Gasteiger partial charge in [-0.15, -0.1) is 0 Å². The van der Waals surface area contributed by atoms with E-state index in [1.807, 2.05) is 0 Å². The van der Waals surface area contributed by atoms with Crippen LogP contribution in [-0.4, -0.2) is 39.3 Å². The lowest BCUT2D eigenvalue weighted by molar-refractivity contribution is -0.122. The maximum Gasteiger partial charge on any atom is 0.263 e. The number of carbonyl (C=O) groups excluding carboxylic acids is 1. The summed E-state index contributed by atoms with van der Waals surface area (Å²) in [5.74, 6) is 0.828. The Hall–Kier alpha value is -1.93. The minimum atomic E-state index is -3.51. The second-order valence-corrected chi connectivity index (χ2v) is 8.89. The van der Waals surface area contributed by atoms with E-state index < -0.39 is 10.0 Å². The van der Waals surface area contributed by atoms with Crippen LogP contribution in [0.4, 0.5) is 0 Å². The zero-order valence-corrected chi connectivity index (χ0v) is 16.3. The molecule has 4 N–H and O–H groups in total. The molecule has 148 valence electrons. The van der Waals surface area contributed by atoms with Gasteiger partial charge >= 0.3 is 0 Å². The monoisotopic (exact) mass is 392 g/mol. The molecule has 8 heteroatoms. The van der Waals surface area contributed by atoms with E-state index in [4.69, 9.17) is 5.73 Å². The molecule has 1 aromatic rings. The van der Waals surface area contributed by atoms with Crippen molar-refractivity contribution in [3.05, 3.63) is 29.8 Å². The van der Waals surface area contributed by atoms with Gasteiger partial charge in [0.2, 0.25) is 5.91 Å². The van der Waals surface area contributed by atoms with Gasteiger partial charge in [0.15, 0.2) is 0 Å². The van der Waals surface area contributed by atoms with Gasteiger partial charge in [0.25, 0.3) is 10.0 Å². The number of hydrogen-bond donors (Lipinski definition) is 3. The van der Waals surface area contributed by atoms with Crippen molar-refractivity contribution in [2.75, 3.05) is 13.1 Å². The Balaban J connectivity index is 1.48. The first-order valence-electron chi connectivity index (χ1n) is 9.67. The minimum Gasteiger partial charge on any atom is -0.352 e. The molecule has 0 saturated heterocycles. The van der Waals surface area contributed by atoms with Crippen molar-refractivity contribution in [2.45, 2.75) is 55.9 Å². The van der Waals surface area contributed by atoms with Gasteiger partial charge in [0.05, 0.1) is 4.90 Å². The molecular formula is C19H28N4O3S. The van der Waals surface area contributed by atoms with E-state index in [0.717, 1.165) is 12.8 Å². The van der Waals surface area contributed by atoms with E-state index in [0.29, 0.717) is 43.2 Å². The summed E-state index contributed by atoms with van der Waals surface area (Å²) in [7, 11) is -3.51. The van der Waals surface area contributed by atoms with Gasteiger partial charge in [-0.3, -0.25) is 14.5 Å². The zero-order valence-electron chi connectivity index (χ0n) is 15.5. The van der Waals surface area contributed by atoms with Crippen molar-refractivity contribution < 1.29 is 13.2 Å². The van der Waals surface area contributed by atoms with Crippen LogP contribution in [0.2, 0.25) is 0 Å². The summed E-state index contributed by atoms with van der Waals surface area (Å²) in [5, 5.41) is 3.07. The highest BCUT2D eigenvalue weighted by Gasteiger charge is 2.30. The Morgan fingerprint density at radius 2 is 2.00 bits per heavy atom. The number of benzene rings is 1. The molecule has 2 aliphatic rings. The van der Waals surface area contributed by atoms with Gasteiger partial charge in [-0.1, -0.05) is 31.4 Å². The lowest BCUT2D eigenvalue weighted by atomic mass is 9.84. The van der Waals surface area contributed by atoms with E-state index in [1.165, 1.54) is 19.3 Å². The van der Waals surface area contributed by atoms with Crippen LogP contribution in [0.15, 0.2) is 34.2 Å². The average Bonchev–Trinajstić information content (AvgIpc) is 2.95. The lowest BCUT2D eigenvalue weighted by Gasteiger charge is -2.30. The van der Waals surface area contributed by atoms with E-state index in [2.05, 4.69) is 15.0 Å². The number of nitrogens with two attached hydrogens (primary N) is 1. The van der Waals surface area contributed by atoms with Gasteiger partial charge in [0.1, 0.15) is 5.84 Å². The van der Waals surface area contributed by atoms with Crippen LogP contribution < -0.4 is 15.8 Å². The van der Waals surface area contributed by atoms with E-state index in [-0.39, 0.29) is 16.8 Å². The molecule has 1 amide bonds. The standard InChI is InChI=1S/C19H28N4O3S/c20-13-16(14-7-2-1-3-8-14)22-18(24)11-6-12-21-19-15-9-4-5-10-17(15)27(25,26)23-19/h4-5,9-10,14,16H,1-3,6-8,11-13,20H2,(H,21,23)(H,22,24). The normalized spacial score (nSPS) is 21.4. The van der Waals surface area contributed by atoms with Crippen LogP contribution in [-0.2, 0) is 14.8 Å². The molecule has 27 heavy (non-hydrogen) atoms. The second-order valence-electron chi connectivity index (χ2n) is 7.24. The fraction of sp³-hybridized carbons (Fsp3) is 0.579. The second kappa shape index (κ2) is 8.84. The quantitative estimate of drug-likeness (QED) is 0.611. The maximum atomic E-state index is 12.2. The number of amides is 1. The molecule has 1 saturated carbocycles. The van der Waals surface area contributed by atoms with Crippen molar-refractivity contribution in [3.63, 3.8) is 0 Å². The number of nitrogens with one attached hydrogen (secondary N) is 2. The van der Waals surface area contributed by atoms with E-state index >= 15 is 0 Å². The first-order valence-corrected chi connectivity index (χ1v) is 11.2. The van der Waals surface area contributed by atoms with Crippen LogP contribution >= 0.6 is 0 Å². The van der Waals surface area contributed by atoms with Crippen LogP contribution in [0, 0.1) is 5.92 Å². The summed E-state index contributed by atoms with van der Waals surface area (Å²) >= 11 is 0. The molecule has 1 fully saturated rings. The third kappa shape index (κ3) is 4.87. The molecule has 0 bridgehead atoms. The minimum absolute atomic E-state index is 0.0105. The number of sulfonamides is 1. The van der Waals surface area contributed by atoms with Gasteiger partial charge in [-0.25, -0.2) is 8.42 Å². The average molecular weight is 393 g/mol. The maximum absolute atomic E-state index is 12.2. The Morgan fingerprint density at radius 3 is 2.74 bits per heavy atom.